The maximum atomic E-state index is 10.9. The van der Waals surface area contributed by atoms with Crippen LogP contribution in [0.25, 0.3) is 0 Å². The zero-order chi connectivity index (χ0) is 9.97. The lowest BCUT2D eigenvalue weighted by Gasteiger charge is -2.03. The van der Waals surface area contributed by atoms with Crippen molar-refractivity contribution in [3.8, 4) is 0 Å². The molecule has 2 rings (SSSR count). The lowest BCUT2D eigenvalue weighted by molar-refractivity contribution is 0.100. The lowest BCUT2D eigenvalue weighted by atomic mass is 10.2. The highest BCUT2D eigenvalue weighted by atomic mass is 16.5. The molecule has 1 aromatic heterocycles. The number of nitrogens with zero attached hydrogens (tertiary/aromatic N) is 2. The van der Waals surface area contributed by atoms with Crippen LogP contribution in [0.2, 0.25) is 0 Å². The first-order valence-corrected chi connectivity index (χ1v) is 4.71. The predicted molar refractivity (Wildman–Crippen MR) is 47.0 cm³/mol. The Morgan fingerprint density at radius 1 is 1.64 bits per heavy atom. The summed E-state index contributed by atoms with van der Waals surface area (Å²) in [4.78, 5) is 14.8. The van der Waals surface area contributed by atoms with Crippen LogP contribution in [0.3, 0.4) is 0 Å². The van der Waals surface area contributed by atoms with E-state index in [4.69, 9.17) is 9.26 Å². The summed E-state index contributed by atoms with van der Waals surface area (Å²) in [6.45, 7) is 2.22. The monoisotopic (exact) mass is 196 g/mol. The third kappa shape index (κ3) is 1.98. The van der Waals surface area contributed by atoms with E-state index in [1.165, 1.54) is 6.92 Å². The van der Waals surface area contributed by atoms with Gasteiger partial charge in [-0.3, -0.25) is 4.79 Å². The molecule has 0 radical (unpaired) electrons. The number of carbonyl (C=O) groups excluding carboxylic acids is 1. The fraction of sp³-hybridized carbons (Fsp3) is 0.667. The number of hydrogen-bond acceptors (Lipinski definition) is 5. The van der Waals surface area contributed by atoms with Crippen molar-refractivity contribution in [3.05, 3.63) is 11.7 Å². The molecule has 0 saturated carbocycles. The zero-order valence-corrected chi connectivity index (χ0v) is 8.02. The predicted octanol–water partition coefficient (Wildman–Crippen LogP) is 0.994. The van der Waals surface area contributed by atoms with Gasteiger partial charge in [-0.05, 0) is 12.8 Å². The van der Waals surface area contributed by atoms with Crippen molar-refractivity contribution in [1.29, 1.82) is 0 Å². The van der Waals surface area contributed by atoms with Crippen LogP contribution in [-0.2, 0) is 11.2 Å². The van der Waals surface area contributed by atoms with E-state index < -0.39 is 0 Å². The van der Waals surface area contributed by atoms with Crippen molar-refractivity contribution in [2.45, 2.75) is 32.3 Å². The van der Waals surface area contributed by atoms with E-state index in [1.807, 2.05) is 0 Å². The minimum absolute atomic E-state index is 0.151. The van der Waals surface area contributed by atoms with E-state index in [9.17, 15) is 4.79 Å². The second kappa shape index (κ2) is 3.88. The molecule has 1 fully saturated rings. The first kappa shape index (κ1) is 9.33. The van der Waals surface area contributed by atoms with E-state index in [-0.39, 0.29) is 17.7 Å². The molecule has 0 spiro atoms. The second-order valence-electron chi connectivity index (χ2n) is 3.41. The average molecular weight is 196 g/mol. The minimum Gasteiger partial charge on any atom is -0.378 e. The van der Waals surface area contributed by atoms with Crippen molar-refractivity contribution in [2.75, 3.05) is 6.61 Å². The van der Waals surface area contributed by atoms with Crippen LogP contribution in [0.5, 0.6) is 0 Å². The van der Waals surface area contributed by atoms with Crippen LogP contribution >= 0.6 is 0 Å². The normalized spacial score (nSPS) is 21.4. The van der Waals surface area contributed by atoms with Gasteiger partial charge in [-0.15, -0.1) is 0 Å². The summed E-state index contributed by atoms with van der Waals surface area (Å²) in [6.07, 6.45) is 2.89. The molecule has 1 atom stereocenters. The SMILES string of the molecule is CC(=O)c1noc(CC2CCCO2)n1. The topological polar surface area (TPSA) is 65.2 Å². The standard InChI is InChI=1S/C9H12N2O3/c1-6(12)9-10-8(14-11-9)5-7-3-2-4-13-7/h7H,2-5H2,1H3. The lowest BCUT2D eigenvalue weighted by Crippen LogP contribution is -2.09. The Morgan fingerprint density at radius 2 is 2.50 bits per heavy atom. The maximum Gasteiger partial charge on any atom is 0.238 e. The molecule has 0 bridgehead atoms. The van der Waals surface area contributed by atoms with E-state index in [0.717, 1.165) is 19.4 Å². The van der Waals surface area contributed by atoms with Gasteiger partial charge < -0.3 is 9.26 Å². The first-order chi connectivity index (χ1) is 6.75. The number of Topliss-reactive ketones (excluding diaryl/α,β-unsaturated/α-hetero) is 1. The van der Waals surface area contributed by atoms with Gasteiger partial charge in [-0.2, -0.15) is 4.98 Å². The van der Waals surface area contributed by atoms with Crippen molar-refractivity contribution >= 4 is 5.78 Å². The Kier molecular flexibility index (Phi) is 2.58. The van der Waals surface area contributed by atoms with Crippen LogP contribution in [0, 0.1) is 0 Å². The molecule has 0 N–H and O–H groups in total. The van der Waals surface area contributed by atoms with Crippen molar-refractivity contribution in [1.82, 2.24) is 10.1 Å². The van der Waals surface area contributed by atoms with Crippen LogP contribution in [0.1, 0.15) is 36.3 Å². The minimum atomic E-state index is -0.174. The quantitative estimate of drug-likeness (QED) is 0.674. The third-order valence-corrected chi connectivity index (χ3v) is 2.21. The molecule has 1 aliphatic heterocycles. The maximum absolute atomic E-state index is 10.9. The second-order valence-corrected chi connectivity index (χ2v) is 3.41. The summed E-state index contributed by atoms with van der Waals surface area (Å²) in [5.41, 5.74) is 0. The van der Waals surface area contributed by atoms with Gasteiger partial charge in [0.1, 0.15) is 0 Å². The van der Waals surface area contributed by atoms with E-state index in [2.05, 4.69) is 10.1 Å². The molecular formula is C9H12N2O3. The van der Waals surface area contributed by atoms with Crippen molar-refractivity contribution < 1.29 is 14.1 Å². The molecule has 76 valence electrons. The zero-order valence-electron chi connectivity index (χ0n) is 8.02. The molecule has 0 aromatic carbocycles. The van der Waals surface area contributed by atoms with Gasteiger partial charge in [0.25, 0.3) is 0 Å². The number of carbonyl (C=O) groups is 1. The molecule has 5 heteroatoms. The van der Waals surface area contributed by atoms with E-state index >= 15 is 0 Å². The van der Waals surface area contributed by atoms with Gasteiger partial charge in [-0.1, -0.05) is 5.16 Å². The number of ether oxygens (including phenoxy) is 1. The molecular weight excluding hydrogens is 184 g/mol. The number of rotatable bonds is 3. The molecule has 14 heavy (non-hydrogen) atoms. The molecule has 5 nitrogen and oxygen atoms in total. The highest BCUT2D eigenvalue weighted by Crippen LogP contribution is 2.16. The molecule has 1 aliphatic rings. The third-order valence-electron chi connectivity index (χ3n) is 2.21. The smallest absolute Gasteiger partial charge is 0.238 e. The molecule has 1 aromatic rings. The molecule has 1 unspecified atom stereocenters. The van der Waals surface area contributed by atoms with Gasteiger partial charge >= 0.3 is 0 Å². The van der Waals surface area contributed by atoms with E-state index in [0.29, 0.717) is 12.3 Å². The Bertz CT molecular complexity index is 329. The van der Waals surface area contributed by atoms with Gasteiger partial charge in [0.2, 0.25) is 17.5 Å². The average Bonchev–Trinajstić information content (AvgIpc) is 2.75. The highest BCUT2D eigenvalue weighted by molar-refractivity contribution is 5.89. The number of hydrogen-bond donors (Lipinski definition) is 0. The summed E-state index contributed by atoms with van der Waals surface area (Å²) in [7, 11) is 0. The molecule has 0 amide bonds. The summed E-state index contributed by atoms with van der Waals surface area (Å²) in [5, 5.41) is 3.57. The van der Waals surface area contributed by atoms with Crippen LogP contribution in [0.4, 0.5) is 0 Å². The fourth-order valence-electron chi connectivity index (χ4n) is 1.48. The Morgan fingerprint density at radius 3 is 3.07 bits per heavy atom. The van der Waals surface area contributed by atoms with Crippen molar-refractivity contribution in [2.24, 2.45) is 0 Å². The van der Waals surface area contributed by atoms with Crippen molar-refractivity contribution in [3.63, 3.8) is 0 Å². The summed E-state index contributed by atoms with van der Waals surface area (Å²) < 4.78 is 10.3. The molecule has 2 heterocycles. The molecule has 0 aliphatic carbocycles. The van der Waals surface area contributed by atoms with Crippen LogP contribution < -0.4 is 0 Å². The Labute approximate surface area is 81.4 Å². The van der Waals surface area contributed by atoms with Crippen LogP contribution in [-0.4, -0.2) is 28.6 Å². The Balaban J connectivity index is 1.98. The highest BCUT2D eigenvalue weighted by Gasteiger charge is 2.20. The van der Waals surface area contributed by atoms with Crippen LogP contribution in [0.15, 0.2) is 4.52 Å². The number of ketones is 1. The first-order valence-electron chi connectivity index (χ1n) is 4.71. The number of aromatic nitrogens is 2. The van der Waals surface area contributed by atoms with Gasteiger partial charge in [0.15, 0.2) is 0 Å². The van der Waals surface area contributed by atoms with Gasteiger partial charge in [-0.25, -0.2) is 0 Å². The summed E-state index contributed by atoms with van der Waals surface area (Å²) in [6, 6.07) is 0. The summed E-state index contributed by atoms with van der Waals surface area (Å²) >= 11 is 0. The van der Waals surface area contributed by atoms with Gasteiger partial charge in [0.05, 0.1) is 12.5 Å². The van der Waals surface area contributed by atoms with E-state index in [1.54, 1.807) is 0 Å². The fourth-order valence-corrected chi connectivity index (χ4v) is 1.48. The molecule has 1 saturated heterocycles. The van der Waals surface area contributed by atoms with Gasteiger partial charge in [0, 0.05) is 13.5 Å². The largest absolute Gasteiger partial charge is 0.378 e. The summed E-state index contributed by atoms with van der Waals surface area (Å²) in [5.74, 6) is 0.465. The Hall–Kier alpha value is -1.23.